The van der Waals surface area contributed by atoms with E-state index in [2.05, 4.69) is 27.7 Å². The Bertz CT molecular complexity index is 556. The van der Waals surface area contributed by atoms with Crippen LogP contribution in [-0.2, 0) is 11.2 Å². The lowest BCUT2D eigenvalue weighted by Crippen LogP contribution is -2.14. The zero-order valence-corrected chi connectivity index (χ0v) is 18.3. The van der Waals surface area contributed by atoms with E-state index in [0.717, 1.165) is 25.0 Å². The molecule has 4 nitrogen and oxygen atoms in total. The average molecular weight is 393 g/mol. The first-order valence-electron chi connectivity index (χ1n) is 11.1. The van der Waals surface area contributed by atoms with Gasteiger partial charge in [0.25, 0.3) is 0 Å². The van der Waals surface area contributed by atoms with Crippen molar-refractivity contribution in [2.45, 2.75) is 85.5 Å². The smallest absolute Gasteiger partial charge is 0.307 e. The SMILES string of the molecule is CCCCC(CC)COc1ccc(OCC(CC)CCCC)c(CC(=O)O)c1. The topological polar surface area (TPSA) is 55.8 Å². The number of benzene rings is 1. The Morgan fingerprint density at radius 3 is 2.00 bits per heavy atom. The van der Waals surface area contributed by atoms with E-state index in [1.54, 1.807) is 0 Å². The molecule has 0 amide bonds. The Hall–Kier alpha value is -1.71. The molecule has 0 fully saturated rings. The van der Waals surface area contributed by atoms with E-state index in [4.69, 9.17) is 9.47 Å². The highest BCUT2D eigenvalue weighted by Gasteiger charge is 2.14. The standard InChI is InChI=1S/C24H40O4/c1-5-9-11-19(7-3)17-27-22-13-14-23(21(15-22)16-24(25)26)28-18-20(8-4)12-10-6-2/h13-15,19-20H,5-12,16-18H2,1-4H3,(H,25,26). The lowest BCUT2D eigenvalue weighted by molar-refractivity contribution is -0.136. The number of hydrogen-bond donors (Lipinski definition) is 1. The van der Waals surface area contributed by atoms with Crippen LogP contribution in [0, 0.1) is 11.8 Å². The van der Waals surface area contributed by atoms with Gasteiger partial charge in [0.05, 0.1) is 19.6 Å². The zero-order chi connectivity index (χ0) is 20.8. The highest BCUT2D eigenvalue weighted by atomic mass is 16.5. The second-order valence-corrected chi connectivity index (χ2v) is 7.80. The predicted molar refractivity (Wildman–Crippen MR) is 115 cm³/mol. The maximum Gasteiger partial charge on any atom is 0.307 e. The quantitative estimate of drug-likeness (QED) is 0.349. The Morgan fingerprint density at radius 2 is 1.50 bits per heavy atom. The number of unbranched alkanes of at least 4 members (excludes halogenated alkanes) is 2. The molecule has 0 saturated heterocycles. The summed E-state index contributed by atoms with van der Waals surface area (Å²) >= 11 is 0. The monoisotopic (exact) mass is 392 g/mol. The van der Waals surface area contributed by atoms with Crippen LogP contribution in [0.15, 0.2) is 18.2 Å². The number of hydrogen-bond acceptors (Lipinski definition) is 3. The highest BCUT2D eigenvalue weighted by molar-refractivity contribution is 5.71. The van der Waals surface area contributed by atoms with E-state index in [1.807, 2.05) is 18.2 Å². The van der Waals surface area contributed by atoms with Gasteiger partial charge in [-0.2, -0.15) is 0 Å². The number of rotatable bonds is 16. The van der Waals surface area contributed by atoms with Crippen molar-refractivity contribution in [1.29, 1.82) is 0 Å². The Morgan fingerprint density at radius 1 is 0.929 bits per heavy atom. The molecule has 0 heterocycles. The van der Waals surface area contributed by atoms with E-state index in [0.29, 0.717) is 36.4 Å². The molecule has 28 heavy (non-hydrogen) atoms. The van der Waals surface area contributed by atoms with E-state index in [1.165, 1.54) is 32.1 Å². The lowest BCUT2D eigenvalue weighted by Gasteiger charge is -2.19. The predicted octanol–water partition coefficient (Wildman–Crippen LogP) is 6.50. The molecule has 4 heteroatoms. The van der Waals surface area contributed by atoms with Gasteiger partial charge < -0.3 is 14.6 Å². The maximum absolute atomic E-state index is 11.3. The van der Waals surface area contributed by atoms with Crippen LogP contribution >= 0.6 is 0 Å². The van der Waals surface area contributed by atoms with Crippen molar-refractivity contribution in [2.75, 3.05) is 13.2 Å². The van der Waals surface area contributed by atoms with E-state index < -0.39 is 5.97 Å². The summed E-state index contributed by atoms with van der Waals surface area (Å²) in [5.41, 5.74) is 0.692. The number of carboxylic acids is 1. The third-order valence-corrected chi connectivity index (χ3v) is 5.42. The molecule has 2 atom stereocenters. The second-order valence-electron chi connectivity index (χ2n) is 7.80. The molecule has 0 aliphatic rings. The van der Waals surface area contributed by atoms with Crippen LogP contribution in [0.2, 0.25) is 0 Å². The van der Waals surface area contributed by atoms with Crippen LogP contribution in [0.25, 0.3) is 0 Å². The largest absolute Gasteiger partial charge is 0.493 e. The first kappa shape index (κ1) is 24.3. The van der Waals surface area contributed by atoms with Gasteiger partial charge in [-0.3, -0.25) is 4.79 Å². The molecule has 0 saturated carbocycles. The summed E-state index contributed by atoms with van der Waals surface area (Å²) in [6, 6.07) is 5.61. The molecular weight excluding hydrogens is 352 g/mol. The molecule has 1 rings (SSSR count). The van der Waals surface area contributed by atoms with Crippen LogP contribution < -0.4 is 9.47 Å². The van der Waals surface area contributed by atoms with Gasteiger partial charge in [-0.1, -0.05) is 66.2 Å². The fraction of sp³-hybridized carbons (Fsp3) is 0.708. The maximum atomic E-state index is 11.3. The summed E-state index contributed by atoms with van der Waals surface area (Å²) < 4.78 is 12.0. The van der Waals surface area contributed by atoms with Crippen molar-refractivity contribution in [3.05, 3.63) is 23.8 Å². The zero-order valence-electron chi connectivity index (χ0n) is 18.3. The fourth-order valence-electron chi connectivity index (χ4n) is 3.31. The van der Waals surface area contributed by atoms with E-state index in [9.17, 15) is 9.90 Å². The van der Waals surface area contributed by atoms with Gasteiger partial charge >= 0.3 is 5.97 Å². The molecule has 0 spiro atoms. The van der Waals surface area contributed by atoms with Crippen molar-refractivity contribution in [1.82, 2.24) is 0 Å². The summed E-state index contributed by atoms with van der Waals surface area (Å²) in [4.78, 5) is 11.3. The Labute approximate surface area is 171 Å². The average Bonchev–Trinajstić information content (AvgIpc) is 2.69. The summed E-state index contributed by atoms with van der Waals surface area (Å²) in [5.74, 6) is 1.61. The normalized spacial score (nSPS) is 13.1. The van der Waals surface area contributed by atoms with Gasteiger partial charge in [0.2, 0.25) is 0 Å². The number of aliphatic carboxylic acids is 1. The molecule has 0 bridgehead atoms. The molecule has 1 aromatic carbocycles. The minimum Gasteiger partial charge on any atom is -0.493 e. The van der Waals surface area contributed by atoms with Crippen molar-refractivity contribution in [2.24, 2.45) is 11.8 Å². The van der Waals surface area contributed by atoms with Gasteiger partial charge in [0.15, 0.2) is 0 Å². The lowest BCUT2D eigenvalue weighted by atomic mass is 10.0. The van der Waals surface area contributed by atoms with E-state index in [-0.39, 0.29) is 6.42 Å². The summed E-state index contributed by atoms with van der Waals surface area (Å²) in [6.45, 7) is 10.1. The first-order valence-corrected chi connectivity index (χ1v) is 11.1. The molecular formula is C24H40O4. The van der Waals surface area contributed by atoms with Crippen molar-refractivity contribution in [3.63, 3.8) is 0 Å². The van der Waals surface area contributed by atoms with Gasteiger partial charge in [0.1, 0.15) is 11.5 Å². The third-order valence-electron chi connectivity index (χ3n) is 5.42. The first-order chi connectivity index (χ1) is 13.5. The van der Waals surface area contributed by atoms with Crippen molar-refractivity contribution >= 4 is 5.97 Å². The van der Waals surface area contributed by atoms with Crippen LogP contribution in [0.5, 0.6) is 11.5 Å². The number of ether oxygens (including phenoxy) is 2. The van der Waals surface area contributed by atoms with E-state index >= 15 is 0 Å². The second kappa shape index (κ2) is 14.3. The molecule has 0 aliphatic carbocycles. The Balaban J connectivity index is 2.76. The van der Waals surface area contributed by atoms with Gasteiger partial charge in [-0.05, 0) is 42.9 Å². The molecule has 160 valence electrons. The van der Waals surface area contributed by atoms with Crippen LogP contribution in [0.3, 0.4) is 0 Å². The highest BCUT2D eigenvalue weighted by Crippen LogP contribution is 2.27. The van der Waals surface area contributed by atoms with Crippen molar-refractivity contribution in [3.8, 4) is 11.5 Å². The van der Waals surface area contributed by atoms with Crippen LogP contribution in [0.1, 0.15) is 84.6 Å². The summed E-state index contributed by atoms with van der Waals surface area (Å²) in [6.07, 6.45) is 9.25. The minimum atomic E-state index is -0.852. The molecule has 0 aromatic heterocycles. The molecule has 0 radical (unpaired) electrons. The molecule has 1 N–H and O–H groups in total. The number of carbonyl (C=O) groups is 1. The fourth-order valence-corrected chi connectivity index (χ4v) is 3.31. The third kappa shape index (κ3) is 9.48. The summed E-state index contributed by atoms with van der Waals surface area (Å²) in [5, 5.41) is 9.28. The van der Waals surface area contributed by atoms with Gasteiger partial charge in [-0.15, -0.1) is 0 Å². The van der Waals surface area contributed by atoms with Crippen LogP contribution in [-0.4, -0.2) is 24.3 Å². The van der Waals surface area contributed by atoms with Crippen LogP contribution in [0.4, 0.5) is 0 Å². The minimum absolute atomic E-state index is 0.0503. The van der Waals surface area contributed by atoms with Gasteiger partial charge in [0, 0.05) is 5.56 Å². The molecule has 1 aromatic rings. The summed E-state index contributed by atoms with van der Waals surface area (Å²) in [7, 11) is 0. The molecule has 0 aliphatic heterocycles. The Kier molecular flexibility index (Phi) is 12.4. The number of carboxylic acid groups (broad SMARTS) is 1. The molecule has 2 unspecified atom stereocenters. The van der Waals surface area contributed by atoms with Crippen molar-refractivity contribution < 1.29 is 19.4 Å². The van der Waals surface area contributed by atoms with Gasteiger partial charge in [-0.25, -0.2) is 0 Å².